The van der Waals surface area contributed by atoms with Gasteiger partial charge in [-0.05, 0) is 110 Å². The molecule has 0 radical (unpaired) electrons. The van der Waals surface area contributed by atoms with Gasteiger partial charge < -0.3 is 9.47 Å². The predicted molar refractivity (Wildman–Crippen MR) is 209 cm³/mol. The molecule has 0 N–H and O–H groups in total. The lowest BCUT2D eigenvalue weighted by Crippen LogP contribution is -2.67. The van der Waals surface area contributed by atoms with Crippen LogP contribution in [0.15, 0.2) is 0 Å². The lowest BCUT2D eigenvalue weighted by atomic mass is 9.42. The lowest BCUT2D eigenvalue weighted by molar-refractivity contribution is -0.197. The van der Waals surface area contributed by atoms with Crippen LogP contribution < -0.4 is 0 Å². The summed E-state index contributed by atoms with van der Waals surface area (Å²) in [6, 6.07) is 0. The molecular weight excluding hydrogens is 744 g/mol. The normalized spacial score (nSPS) is 46.5. The van der Waals surface area contributed by atoms with Crippen molar-refractivity contribution in [1.82, 2.24) is 0 Å². The molecule has 0 aromatic heterocycles. The standard InChI is InChI=1S/C24H34O5.C23H31FO5/c1-13-9-16-17-5-6-18(21(28)12-29-14(2)25)24(17,4)11-20(27)22(16)23(3)8-7-15(26)10-19(13)23;1-13(25)29-12-19(27)18-7-6-16-17-5-4-14-10-15(26)8-9-22(14,3)23(17,24)20(28)11-21(16,18)2/h13,16-19,22H,5-12H2,1-4H3;14,16-18H,4-12H2,1-3H3/t13-,16-,17-,18+,19-,22+,23-,24-;14-,16-,17-,18+,21-,22-,23-/m00/s1. The fraction of sp³-hybridized carbons (Fsp3) is 0.830. The maximum absolute atomic E-state index is 16.8. The molecule has 11 heteroatoms. The van der Waals surface area contributed by atoms with Gasteiger partial charge in [0.1, 0.15) is 30.6 Å². The summed E-state index contributed by atoms with van der Waals surface area (Å²) < 4.78 is 26.7. The Hall–Kier alpha value is -3.11. The number of ketones is 6. The van der Waals surface area contributed by atoms with Crippen molar-refractivity contribution < 1.29 is 52.2 Å². The van der Waals surface area contributed by atoms with Crippen LogP contribution in [0.1, 0.15) is 145 Å². The van der Waals surface area contributed by atoms with E-state index >= 15 is 4.39 Å². The highest BCUT2D eigenvalue weighted by molar-refractivity contribution is 5.94. The topological polar surface area (TPSA) is 155 Å². The van der Waals surface area contributed by atoms with E-state index in [1.165, 1.54) is 13.8 Å². The molecule has 8 aliphatic carbocycles. The highest BCUT2D eigenvalue weighted by Crippen LogP contribution is 2.70. The largest absolute Gasteiger partial charge is 0.458 e. The molecule has 8 aliphatic rings. The summed E-state index contributed by atoms with van der Waals surface area (Å²) in [5.41, 5.74) is -3.70. The Morgan fingerprint density at radius 2 is 1.19 bits per heavy atom. The molecule has 0 aliphatic heterocycles. The van der Waals surface area contributed by atoms with Gasteiger partial charge in [-0.1, -0.05) is 34.6 Å². The maximum Gasteiger partial charge on any atom is 0.303 e. The Morgan fingerprint density at radius 3 is 1.79 bits per heavy atom. The minimum atomic E-state index is -1.91. The van der Waals surface area contributed by atoms with E-state index in [-0.39, 0.29) is 83.2 Å². The molecule has 0 amide bonds. The van der Waals surface area contributed by atoms with Crippen molar-refractivity contribution in [2.75, 3.05) is 13.2 Å². The van der Waals surface area contributed by atoms with Crippen LogP contribution >= 0.6 is 0 Å². The number of hydrogen-bond donors (Lipinski definition) is 0. The number of hydrogen-bond acceptors (Lipinski definition) is 10. The van der Waals surface area contributed by atoms with Gasteiger partial charge in [-0.15, -0.1) is 0 Å². The molecule has 8 rings (SSSR count). The second-order valence-corrected chi connectivity index (χ2v) is 21.2. The first-order valence-corrected chi connectivity index (χ1v) is 22.2. The van der Waals surface area contributed by atoms with Crippen molar-refractivity contribution in [3.8, 4) is 0 Å². The minimum Gasteiger partial charge on any atom is -0.458 e. The number of Topliss-reactive ketones (excluding diaryl/α,β-unsaturated/α-hetero) is 6. The first-order chi connectivity index (χ1) is 27.1. The van der Waals surface area contributed by atoms with Crippen molar-refractivity contribution in [2.45, 2.75) is 150 Å². The van der Waals surface area contributed by atoms with Crippen molar-refractivity contribution in [3.05, 3.63) is 0 Å². The van der Waals surface area contributed by atoms with Gasteiger partial charge in [-0.25, -0.2) is 4.39 Å². The van der Waals surface area contributed by atoms with Gasteiger partial charge in [0.25, 0.3) is 0 Å². The zero-order chi connectivity index (χ0) is 42.3. The van der Waals surface area contributed by atoms with Crippen LogP contribution in [0, 0.1) is 80.8 Å². The average Bonchev–Trinajstić information content (AvgIpc) is 3.67. The van der Waals surface area contributed by atoms with Gasteiger partial charge in [-0.3, -0.25) is 38.4 Å². The molecular formula is C47H65FO10. The number of fused-ring (bicyclic) bond motifs is 10. The summed E-state index contributed by atoms with van der Waals surface area (Å²) in [7, 11) is 0. The van der Waals surface area contributed by atoms with E-state index in [0.29, 0.717) is 86.6 Å². The second-order valence-electron chi connectivity index (χ2n) is 21.2. The molecule has 58 heavy (non-hydrogen) atoms. The fourth-order valence-corrected chi connectivity index (χ4v) is 15.7. The average molecular weight is 809 g/mol. The monoisotopic (exact) mass is 808 g/mol. The summed E-state index contributed by atoms with van der Waals surface area (Å²) in [6.07, 6.45) is 9.14. The van der Waals surface area contributed by atoms with E-state index < -0.39 is 34.4 Å². The highest BCUT2D eigenvalue weighted by atomic mass is 19.1. The third kappa shape index (κ3) is 6.60. The molecule has 8 fully saturated rings. The zero-order valence-electron chi connectivity index (χ0n) is 35.8. The van der Waals surface area contributed by atoms with Gasteiger partial charge >= 0.3 is 11.9 Å². The predicted octanol–water partition coefficient (Wildman–Crippen LogP) is 7.39. The molecule has 0 spiro atoms. The number of halogens is 1. The van der Waals surface area contributed by atoms with Crippen LogP contribution in [0.5, 0.6) is 0 Å². The Kier molecular flexibility index (Phi) is 11.2. The molecule has 8 saturated carbocycles. The quantitative estimate of drug-likeness (QED) is 0.248. The Bertz CT molecular complexity index is 1790. The number of carbonyl (C=O) groups excluding carboxylic acids is 8. The van der Waals surface area contributed by atoms with Crippen molar-refractivity contribution >= 4 is 46.6 Å². The van der Waals surface area contributed by atoms with Crippen LogP contribution in [0.3, 0.4) is 0 Å². The lowest BCUT2D eigenvalue weighted by Gasteiger charge is -2.62. The summed E-state index contributed by atoms with van der Waals surface area (Å²) in [4.78, 5) is 99.0. The molecule has 0 aromatic carbocycles. The van der Waals surface area contributed by atoms with Crippen molar-refractivity contribution in [2.24, 2.45) is 80.8 Å². The van der Waals surface area contributed by atoms with Gasteiger partial charge in [0.15, 0.2) is 23.0 Å². The molecule has 0 bridgehead atoms. The number of rotatable bonds is 6. The van der Waals surface area contributed by atoms with Gasteiger partial charge in [0.2, 0.25) is 0 Å². The molecule has 0 saturated heterocycles. The third-order valence-corrected chi connectivity index (χ3v) is 18.5. The second kappa shape index (κ2) is 15.1. The fourth-order valence-electron chi connectivity index (χ4n) is 15.7. The van der Waals surface area contributed by atoms with Gasteiger partial charge in [0, 0.05) is 81.5 Å². The first kappa shape index (κ1) is 43.0. The van der Waals surface area contributed by atoms with Crippen LogP contribution in [-0.4, -0.2) is 65.5 Å². The van der Waals surface area contributed by atoms with E-state index in [9.17, 15) is 38.4 Å². The zero-order valence-corrected chi connectivity index (χ0v) is 35.8. The van der Waals surface area contributed by atoms with Crippen LogP contribution in [0.2, 0.25) is 0 Å². The highest BCUT2D eigenvalue weighted by Gasteiger charge is 2.72. The van der Waals surface area contributed by atoms with E-state index in [2.05, 4.69) is 20.8 Å². The summed E-state index contributed by atoms with van der Waals surface area (Å²) in [5, 5.41) is 0. The van der Waals surface area contributed by atoms with E-state index in [1.807, 2.05) is 13.8 Å². The Balaban J connectivity index is 0.000000177. The first-order valence-electron chi connectivity index (χ1n) is 22.2. The summed E-state index contributed by atoms with van der Waals surface area (Å²) in [6.45, 7) is 12.6. The number of esters is 2. The van der Waals surface area contributed by atoms with Crippen LogP contribution in [0.4, 0.5) is 4.39 Å². The van der Waals surface area contributed by atoms with Crippen molar-refractivity contribution in [3.63, 3.8) is 0 Å². The van der Waals surface area contributed by atoms with E-state index in [1.54, 1.807) is 0 Å². The molecule has 0 heterocycles. The van der Waals surface area contributed by atoms with Gasteiger partial charge in [0.05, 0.1) is 0 Å². The number of carbonyl (C=O) groups is 8. The summed E-state index contributed by atoms with van der Waals surface area (Å²) >= 11 is 0. The third-order valence-electron chi connectivity index (χ3n) is 18.5. The molecule has 10 nitrogen and oxygen atoms in total. The van der Waals surface area contributed by atoms with Crippen LogP contribution in [0.25, 0.3) is 0 Å². The van der Waals surface area contributed by atoms with Crippen molar-refractivity contribution in [1.29, 1.82) is 0 Å². The number of alkyl halides is 1. The molecule has 0 aromatic rings. The number of ether oxygens (including phenoxy) is 2. The molecule has 0 unspecified atom stereocenters. The van der Waals surface area contributed by atoms with Gasteiger partial charge in [-0.2, -0.15) is 0 Å². The van der Waals surface area contributed by atoms with E-state index in [0.717, 1.165) is 38.5 Å². The van der Waals surface area contributed by atoms with E-state index in [4.69, 9.17) is 9.47 Å². The summed E-state index contributed by atoms with van der Waals surface area (Å²) in [5.74, 6) is -0.343. The SMILES string of the molecule is CC(=O)OCC(=O)[C@H]1CC[C@H]2[C@@H]3CC[C@H]4CC(=O)CC[C@]4(C)[C@@]3(F)C(=O)C[C@]12C.CC(=O)OCC(=O)[C@H]1CC[C@H]2[C@@H]3C[C@H](C)[C@@H]4CC(=O)CC[C@]4(C)[C@H]3C(=O)C[C@]12C. The Morgan fingerprint density at radius 1 is 0.655 bits per heavy atom. The van der Waals surface area contributed by atoms with Crippen LogP contribution in [-0.2, 0) is 47.8 Å². The molecule has 15 atom stereocenters. The molecule has 320 valence electrons. The maximum atomic E-state index is 16.8. The smallest absolute Gasteiger partial charge is 0.303 e. The minimum absolute atomic E-state index is 0.0252. The Labute approximate surface area is 342 Å².